The van der Waals surface area contributed by atoms with Gasteiger partial charge in [0.2, 0.25) is 11.8 Å². The number of phenolic OH excluding ortho intramolecular Hbond substituents is 1. The van der Waals surface area contributed by atoms with Gasteiger partial charge >= 0.3 is 5.97 Å². The molecule has 0 aliphatic carbocycles. The number of hydrogen-bond donors (Lipinski definition) is 5. The number of methoxy groups -OCH3 is 1. The fourth-order valence-corrected chi connectivity index (χ4v) is 4.06. The Balaban J connectivity index is 2.09. The smallest absolute Gasteiger partial charge is 0.328 e. The molecule has 9 nitrogen and oxygen atoms in total. The molecule has 7 N–H and O–H groups in total. The monoisotopic (exact) mass is 488 g/mol. The second-order valence-corrected chi connectivity index (χ2v) is 8.65. The van der Waals surface area contributed by atoms with E-state index >= 15 is 0 Å². The first-order valence-electron chi connectivity index (χ1n) is 11.0. The zero-order valence-corrected chi connectivity index (χ0v) is 19.6. The number of benzene rings is 2. The standard InChI is InChI=1S/C24H29ClN4O5/c1-34-24(33)20-12-15-9-13(4-6-17(15)25)14-5-7-21(30)16(10-14)11-18(27)22(31)28-19(3-2-8-26)23(32)29-20/h4-7,9-10,18-20,30H,2-3,8,11-12,26-27H2,1H3,(H,28,31)(H,29,32)/t18-,19-,20-/m0/s1. The van der Waals surface area contributed by atoms with E-state index < -0.39 is 35.9 Å². The van der Waals surface area contributed by atoms with Crippen molar-refractivity contribution in [1.82, 2.24) is 10.6 Å². The van der Waals surface area contributed by atoms with Crippen LogP contribution in [-0.4, -0.2) is 54.7 Å². The van der Waals surface area contributed by atoms with E-state index in [4.69, 9.17) is 27.8 Å². The van der Waals surface area contributed by atoms with E-state index in [0.29, 0.717) is 29.1 Å². The number of nitrogens with one attached hydrogen (secondary N) is 2. The number of ether oxygens (including phenoxy) is 1. The third-order valence-electron chi connectivity index (χ3n) is 5.79. The fourth-order valence-electron chi connectivity index (χ4n) is 3.87. The number of nitrogens with two attached hydrogens (primary N) is 2. The minimum absolute atomic E-state index is 0.00804. The summed E-state index contributed by atoms with van der Waals surface area (Å²) >= 11 is 6.41. The summed E-state index contributed by atoms with van der Waals surface area (Å²) in [6, 6.07) is 7.34. The van der Waals surface area contributed by atoms with Crippen LogP contribution in [0.5, 0.6) is 5.75 Å². The van der Waals surface area contributed by atoms with Gasteiger partial charge < -0.3 is 31.9 Å². The molecule has 4 bridgehead atoms. The highest BCUT2D eigenvalue weighted by molar-refractivity contribution is 6.31. The van der Waals surface area contributed by atoms with Crippen molar-refractivity contribution in [2.75, 3.05) is 13.7 Å². The lowest BCUT2D eigenvalue weighted by molar-refractivity contribution is -0.145. The van der Waals surface area contributed by atoms with Gasteiger partial charge in [0.15, 0.2) is 0 Å². The van der Waals surface area contributed by atoms with E-state index in [1.807, 2.05) is 6.07 Å². The van der Waals surface area contributed by atoms with Crippen molar-refractivity contribution in [2.24, 2.45) is 11.5 Å². The molecule has 2 amide bonds. The Morgan fingerprint density at radius 2 is 1.76 bits per heavy atom. The van der Waals surface area contributed by atoms with E-state index in [-0.39, 0.29) is 25.0 Å². The van der Waals surface area contributed by atoms with E-state index in [9.17, 15) is 19.5 Å². The maximum Gasteiger partial charge on any atom is 0.328 e. The maximum absolute atomic E-state index is 13.1. The average molecular weight is 489 g/mol. The van der Waals surface area contributed by atoms with E-state index in [1.165, 1.54) is 13.2 Å². The third kappa shape index (κ3) is 6.05. The van der Waals surface area contributed by atoms with Gasteiger partial charge in [-0.05, 0) is 65.9 Å². The van der Waals surface area contributed by atoms with Crippen LogP contribution >= 0.6 is 11.6 Å². The van der Waals surface area contributed by atoms with Crippen LogP contribution in [0.3, 0.4) is 0 Å². The number of carbonyl (C=O) groups excluding carboxylic acids is 3. The number of halogens is 1. The molecule has 1 aliphatic rings. The van der Waals surface area contributed by atoms with Gasteiger partial charge in [0.05, 0.1) is 13.2 Å². The molecule has 182 valence electrons. The van der Waals surface area contributed by atoms with Crippen LogP contribution in [0.25, 0.3) is 11.1 Å². The van der Waals surface area contributed by atoms with Crippen LogP contribution in [0, 0.1) is 0 Å². The number of fused-ring (bicyclic) bond motifs is 5. The first-order valence-corrected chi connectivity index (χ1v) is 11.4. The van der Waals surface area contributed by atoms with Crippen LogP contribution in [0.4, 0.5) is 0 Å². The average Bonchev–Trinajstić information content (AvgIpc) is 2.82. The highest BCUT2D eigenvalue weighted by Crippen LogP contribution is 2.30. The Hall–Kier alpha value is -3.14. The predicted molar refractivity (Wildman–Crippen MR) is 128 cm³/mol. The predicted octanol–water partition coefficient (Wildman–Crippen LogP) is 1.02. The normalized spacial score (nSPS) is 21.0. The van der Waals surface area contributed by atoms with Gasteiger partial charge in [0.1, 0.15) is 17.8 Å². The molecule has 3 rings (SSSR count). The second kappa shape index (κ2) is 11.3. The largest absolute Gasteiger partial charge is 0.508 e. The van der Waals surface area contributed by atoms with Crippen molar-refractivity contribution in [3.8, 4) is 16.9 Å². The molecule has 2 aromatic carbocycles. The SMILES string of the molecule is COC(=O)[C@@H]1Cc2cc(ccc2Cl)-c2ccc(O)c(c2)C[C@H](N)C(=O)N[C@@H](CCCN)C(=O)N1. The quantitative estimate of drug-likeness (QED) is 0.402. The molecular weight excluding hydrogens is 460 g/mol. The van der Waals surface area contributed by atoms with Crippen molar-refractivity contribution < 1.29 is 24.2 Å². The van der Waals surface area contributed by atoms with Crippen molar-refractivity contribution >= 4 is 29.4 Å². The summed E-state index contributed by atoms with van der Waals surface area (Å²) in [6.45, 7) is 0.315. The number of rotatable bonds is 4. The minimum atomic E-state index is -1.03. The summed E-state index contributed by atoms with van der Waals surface area (Å²) in [7, 11) is 1.23. The van der Waals surface area contributed by atoms with Gasteiger partial charge in [-0.15, -0.1) is 0 Å². The Morgan fingerprint density at radius 3 is 2.44 bits per heavy atom. The Bertz CT molecular complexity index is 1080. The first-order chi connectivity index (χ1) is 16.2. The van der Waals surface area contributed by atoms with Gasteiger partial charge in [0.25, 0.3) is 0 Å². The van der Waals surface area contributed by atoms with Crippen molar-refractivity contribution in [3.63, 3.8) is 0 Å². The number of amides is 2. The number of hydrogen-bond acceptors (Lipinski definition) is 7. The lowest BCUT2D eigenvalue weighted by atomic mass is 9.96. The molecule has 3 atom stereocenters. The van der Waals surface area contributed by atoms with Crippen LogP contribution in [0.2, 0.25) is 5.02 Å². The summed E-state index contributed by atoms with van der Waals surface area (Å²) in [5.74, 6) is -1.76. The number of phenols is 1. The Labute approximate surface area is 202 Å². The van der Waals surface area contributed by atoms with E-state index in [0.717, 1.165) is 11.1 Å². The fraction of sp³-hybridized carbons (Fsp3) is 0.375. The van der Waals surface area contributed by atoms with E-state index in [2.05, 4.69) is 10.6 Å². The van der Waals surface area contributed by atoms with Crippen LogP contribution < -0.4 is 22.1 Å². The van der Waals surface area contributed by atoms with Gasteiger partial charge in [-0.2, -0.15) is 0 Å². The highest BCUT2D eigenvalue weighted by Gasteiger charge is 2.29. The first kappa shape index (κ1) is 25.5. The maximum atomic E-state index is 13.1. The summed E-state index contributed by atoms with van der Waals surface area (Å²) in [6.07, 6.45) is 0.855. The van der Waals surface area contributed by atoms with Gasteiger partial charge in [-0.1, -0.05) is 23.7 Å². The number of esters is 1. The zero-order chi connectivity index (χ0) is 24.8. The number of carbonyl (C=O) groups is 3. The molecule has 0 radical (unpaired) electrons. The van der Waals surface area contributed by atoms with Crippen molar-refractivity contribution in [3.05, 3.63) is 52.5 Å². The van der Waals surface area contributed by atoms with Gasteiger partial charge in [-0.25, -0.2) is 4.79 Å². The van der Waals surface area contributed by atoms with Crippen molar-refractivity contribution in [1.29, 1.82) is 0 Å². The van der Waals surface area contributed by atoms with Gasteiger partial charge in [-0.3, -0.25) is 9.59 Å². The molecule has 2 aromatic rings. The second-order valence-electron chi connectivity index (χ2n) is 8.24. The highest BCUT2D eigenvalue weighted by atomic mass is 35.5. The third-order valence-corrected chi connectivity index (χ3v) is 6.16. The molecule has 0 saturated carbocycles. The topological polar surface area (TPSA) is 157 Å². The van der Waals surface area contributed by atoms with Crippen LogP contribution in [0.1, 0.15) is 24.0 Å². The molecule has 1 heterocycles. The van der Waals surface area contributed by atoms with Crippen LogP contribution in [-0.2, 0) is 32.0 Å². The summed E-state index contributed by atoms with van der Waals surface area (Å²) in [5.41, 5.74) is 14.4. The molecule has 0 unspecified atom stereocenters. The molecule has 10 heteroatoms. The molecule has 0 spiro atoms. The van der Waals surface area contributed by atoms with Crippen LogP contribution in [0.15, 0.2) is 36.4 Å². The van der Waals surface area contributed by atoms with Gasteiger partial charge in [0, 0.05) is 17.9 Å². The lowest BCUT2D eigenvalue weighted by Crippen LogP contribution is -2.55. The summed E-state index contributed by atoms with van der Waals surface area (Å²) < 4.78 is 4.89. The Kier molecular flexibility index (Phi) is 8.49. The summed E-state index contributed by atoms with van der Waals surface area (Å²) in [4.78, 5) is 38.4. The molecule has 0 fully saturated rings. The van der Waals surface area contributed by atoms with E-state index in [1.54, 1.807) is 24.3 Å². The number of aromatic hydroxyl groups is 1. The zero-order valence-electron chi connectivity index (χ0n) is 18.8. The molecule has 1 aliphatic heterocycles. The molecule has 34 heavy (non-hydrogen) atoms. The molecule has 0 saturated heterocycles. The minimum Gasteiger partial charge on any atom is -0.508 e. The Morgan fingerprint density at radius 1 is 1.09 bits per heavy atom. The van der Waals surface area contributed by atoms with Crippen molar-refractivity contribution in [2.45, 2.75) is 43.8 Å². The summed E-state index contributed by atoms with van der Waals surface area (Å²) in [5, 5.41) is 16.1. The lowest BCUT2D eigenvalue weighted by Gasteiger charge is -2.23. The molecule has 0 aromatic heterocycles. The molecular formula is C24H29ClN4O5.